The molecule has 1 rings (SSSR count). The number of carbonyl (C=O) groups excluding carboxylic acids is 2. The number of halogens is 1. The fourth-order valence-corrected chi connectivity index (χ4v) is 2.90. The molecule has 0 aromatic rings. The van der Waals surface area contributed by atoms with Crippen LogP contribution in [0.15, 0.2) is 48.7 Å². The average molecular weight is 409 g/mol. The molecule has 0 aromatic heterocycles. The van der Waals surface area contributed by atoms with Crippen LogP contribution < -0.4 is 10.6 Å². The van der Waals surface area contributed by atoms with E-state index in [2.05, 4.69) is 29.9 Å². The molecular weight excluding hydrogens is 385 g/mol. The van der Waals surface area contributed by atoms with Crippen LogP contribution >= 0.6 is 12.0 Å². The zero-order chi connectivity index (χ0) is 20.9. The zero-order valence-corrected chi connectivity index (χ0v) is 16.5. The summed E-state index contributed by atoms with van der Waals surface area (Å²) in [6.45, 7) is 8.84. The van der Waals surface area contributed by atoms with Crippen LogP contribution in [0.25, 0.3) is 0 Å². The summed E-state index contributed by atoms with van der Waals surface area (Å²) in [4.78, 5) is 23.8. The van der Waals surface area contributed by atoms with E-state index in [0.717, 1.165) is 12.0 Å². The fraction of sp³-hybridized carbons (Fsp3) is 0.421. The van der Waals surface area contributed by atoms with Crippen LogP contribution in [0.3, 0.4) is 0 Å². The lowest BCUT2D eigenvalue weighted by Gasteiger charge is -2.23. The second-order valence-electron chi connectivity index (χ2n) is 6.02. The molecule has 0 bridgehead atoms. The molecule has 0 aromatic carbocycles. The minimum Gasteiger partial charge on any atom is -0.491 e. The zero-order valence-electron chi connectivity index (χ0n) is 15.7. The van der Waals surface area contributed by atoms with Crippen LogP contribution in [-0.4, -0.2) is 36.8 Å². The Kier molecular flexibility index (Phi) is 10.7. The van der Waals surface area contributed by atoms with E-state index in [-0.39, 0.29) is 18.4 Å². The molecule has 1 saturated heterocycles. The number of hydrogen-bond acceptors (Lipinski definition) is 6. The van der Waals surface area contributed by atoms with Gasteiger partial charge in [0, 0.05) is 30.7 Å². The van der Waals surface area contributed by atoms with Crippen LogP contribution in [0.1, 0.15) is 19.8 Å². The number of amides is 2. The molecule has 152 valence electrons. The Morgan fingerprint density at radius 2 is 2.21 bits per heavy atom. The van der Waals surface area contributed by atoms with Gasteiger partial charge in [-0.1, -0.05) is 19.2 Å². The van der Waals surface area contributed by atoms with E-state index >= 15 is 0 Å². The van der Waals surface area contributed by atoms with E-state index in [4.69, 9.17) is 14.2 Å². The average Bonchev–Trinajstić information content (AvgIpc) is 2.67. The molecule has 0 radical (unpaired) electrons. The number of hydrogen-bond donors (Lipinski definition) is 2. The van der Waals surface area contributed by atoms with Crippen molar-refractivity contribution in [2.45, 2.75) is 25.0 Å². The monoisotopic (exact) mass is 409 g/mol. The largest absolute Gasteiger partial charge is 0.491 e. The number of nitrogens with one attached hydrogen (secondary N) is 2. The van der Waals surface area contributed by atoms with Gasteiger partial charge in [0.05, 0.1) is 24.9 Å². The summed E-state index contributed by atoms with van der Waals surface area (Å²) in [6, 6.07) is 2.10. The highest BCUT2D eigenvalue weighted by atomic mass is 32.2. The Hall–Kier alpha value is -2.57. The first-order chi connectivity index (χ1) is 13.3. The molecule has 1 heterocycles. The van der Waals surface area contributed by atoms with Crippen molar-refractivity contribution in [3.63, 3.8) is 0 Å². The lowest BCUT2D eigenvalue weighted by Crippen LogP contribution is -2.37. The maximum Gasteiger partial charge on any atom is 0.261 e. The van der Waals surface area contributed by atoms with Gasteiger partial charge in [-0.05, 0) is 25.0 Å². The van der Waals surface area contributed by atoms with Crippen molar-refractivity contribution in [2.75, 3.05) is 19.8 Å². The lowest BCUT2D eigenvalue weighted by atomic mass is 10.1. The van der Waals surface area contributed by atoms with Gasteiger partial charge in [0.15, 0.2) is 6.61 Å². The van der Waals surface area contributed by atoms with Crippen molar-refractivity contribution in [3.05, 3.63) is 48.7 Å². The molecular formula is C19H24FN3O4S. The summed E-state index contributed by atoms with van der Waals surface area (Å²) in [5.41, 5.74) is 0.797. The molecule has 2 unspecified atom stereocenters. The second-order valence-corrected chi connectivity index (χ2v) is 7.02. The van der Waals surface area contributed by atoms with Crippen molar-refractivity contribution >= 4 is 23.9 Å². The minimum atomic E-state index is -0.537. The second kappa shape index (κ2) is 12.8. The highest BCUT2D eigenvalue weighted by Crippen LogP contribution is 2.27. The molecule has 1 aliphatic rings. The van der Waals surface area contributed by atoms with Crippen molar-refractivity contribution in [1.29, 1.82) is 5.26 Å². The standard InChI is InChI=1S/C19H24FN3O4S/c1-13(15(3)20)5-4-8-26-12-18(24)23-14(2)6-7-22-19(25)17-9-16(10-21)11-27-28-17/h4-5,8,16-17H,2-3,6-7,9,11-12H2,1H3,(H,22,25)(H,23,24)/b8-4+,13-5-. The number of rotatable bonds is 10. The van der Waals surface area contributed by atoms with E-state index < -0.39 is 17.0 Å². The van der Waals surface area contributed by atoms with Crippen LogP contribution in [0.5, 0.6) is 0 Å². The topological polar surface area (TPSA) is 100 Å². The van der Waals surface area contributed by atoms with Gasteiger partial charge in [-0.25, -0.2) is 4.39 Å². The van der Waals surface area contributed by atoms with Crippen molar-refractivity contribution in [2.24, 2.45) is 5.92 Å². The normalized spacial score (nSPS) is 19.5. The van der Waals surface area contributed by atoms with Gasteiger partial charge in [0.1, 0.15) is 11.1 Å². The van der Waals surface area contributed by atoms with Crippen LogP contribution in [0.4, 0.5) is 4.39 Å². The molecule has 28 heavy (non-hydrogen) atoms. The maximum atomic E-state index is 12.7. The van der Waals surface area contributed by atoms with Gasteiger partial charge in [0.25, 0.3) is 5.91 Å². The van der Waals surface area contributed by atoms with Crippen LogP contribution in [-0.2, 0) is 18.5 Å². The SMILES string of the molecule is C=C(CCNC(=O)C1CC(C#N)COS1)NC(=O)CO/C=C/C=C(/C)C(=C)F. The Morgan fingerprint density at radius 3 is 2.89 bits per heavy atom. The van der Waals surface area contributed by atoms with E-state index in [1.165, 1.54) is 18.4 Å². The van der Waals surface area contributed by atoms with Gasteiger partial charge in [-0.2, -0.15) is 5.26 Å². The summed E-state index contributed by atoms with van der Waals surface area (Å²) in [5.74, 6) is -1.43. The smallest absolute Gasteiger partial charge is 0.261 e. The van der Waals surface area contributed by atoms with Gasteiger partial charge >= 0.3 is 0 Å². The Labute approximate surface area is 168 Å². The summed E-state index contributed by atoms with van der Waals surface area (Å²) in [6.07, 6.45) is 5.00. The Morgan fingerprint density at radius 1 is 1.46 bits per heavy atom. The van der Waals surface area contributed by atoms with Gasteiger partial charge in [-0.3, -0.25) is 9.59 Å². The van der Waals surface area contributed by atoms with Crippen molar-refractivity contribution in [1.82, 2.24) is 10.6 Å². The van der Waals surface area contributed by atoms with Crippen LogP contribution in [0.2, 0.25) is 0 Å². The molecule has 2 amide bonds. The van der Waals surface area contributed by atoms with E-state index in [0.29, 0.717) is 37.3 Å². The number of nitriles is 1. The Bertz CT molecular complexity index is 700. The summed E-state index contributed by atoms with van der Waals surface area (Å²) >= 11 is 1.07. The molecule has 0 aliphatic carbocycles. The highest BCUT2D eigenvalue weighted by molar-refractivity contribution is 7.96. The molecule has 9 heteroatoms. The predicted molar refractivity (Wildman–Crippen MR) is 105 cm³/mol. The van der Waals surface area contributed by atoms with Crippen LogP contribution in [0, 0.1) is 17.2 Å². The van der Waals surface area contributed by atoms with Gasteiger partial charge in [0.2, 0.25) is 5.91 Å². The van der Waals surface area contributed by atoms with Gasteiger partial charge in [-0.15, -0.1) is 0 Å². The molecule has 0 spiro atoms. The molecule has 1 aliphatic heterocycles. The van der Waals surface area contributed by atoms with Crippen molar-refractivity contribution in [3.8, 4) is 6.07 Å². The summed E-state index contributed by atoms with van der Waals surface area (Å²) in [7, 11) is 0. The molecule has 1 fully saturated rings. The van der Waals surface area contributed by atoms with E-state index in [1.807, 2.05) is 0 Å². The van der Waals surface area contributed by atoms with E-state index in [9.17, 15) is 14.0 Å². The molecule has 2 atom stereocenters. The summed E-state index contributed by atoms with van der Waals surface area (Å²) in [5, 5.41) is 13.8. The number of carbonyl (C=O) groups is 2. The lowest BCUT2D eigenvalue weighted by molar-refractivity contribution is -0.123. The first-order valence-electron chi connectivity index (χ1n) is 8.56. The third kappa shape index (κ3) is 9.39. The van der Waals surface area contributed by atoms with Crippen molar-refractivity contribution < 1.29 is 22.9 Å². The van der Waals surface area contributed by atoms with E-state index in [1.54, 1.807) is 6.92 Å². The fourth-order valence-electron chi connectivity index (χ4n) is 2.01. The molecule has 2 N–H and O–H groups in total. The first kappa shape index (κ1) is 23.5. The van der Waals surface area contributed by atoms with Gasteiger partial charge < -0.3 is 19.6 Å². The Balaban J connectivity index is 2.20. The summed E-state index contributed by atoms with van der Waals surface area (Å²) < 4.78 is 22.9. The number of nitrogens with zero attached hydrogens (tertiary/aromatic N) is 1. The first-order valence-corrected chi connectivity index (χ1v) is 9.37. The molecule has 0 saturated carbocycles. The minimum absolute atomic E-state index is 0.211. The number of ether oxygens (including phenoxy) is 1. The maximum absolute atomic E-state index is 12.7. The predicted octanol–water partition coefficient (Wildman–Crippen LogP) is 2.66. The highest BCUT2D eigenvalue weighted by Gasteiger charge is 2.28. The third-order valence-electron chi connectivity index (χ3n) is 3.63. The molecule has 7 nitrogen and oxygen atoms in total. The quantitative estimate of drug-likeness (QED) is 0.327. The number of allylic oxidation sites excluding steroid dienone is 4. The third-order valence-corrected chi connectivity index (χ3v) is 4.54.